The lowest BCUT2D eigenvalue weighted by molar-refractivity contribution is -0.119. The number of hydrogen-bond donors (Lipinski definition) is 1. The Kier molecular flexibility index (Phi) is 3.39. The van der Waals surface area contributed by atoms with E-state index in [2.05, 4.69) is 10.5 Å². The van der Waals surface area contributed by atoms with Gasteiger partial charge in [0.05, 0.1) is 5.69 Å². The van der Waals surface area contributed by atoms with E-state index in [1.54, 1.807) is 0 Å². The molecular formula is C12H13N3OS. The van der Waals surface area contributed by atoms with E-state index < -0.39 is 0 Å². The zero-order valence-corrected chi connectivity index (χ0v) is 10.5. The Morgan fingerprint density at radius 1 is 1.35 bits per heavy atom. The Balaban J connectivity index is 2.40. The number of nitrogens with zero attached hydrogens (tertiary/aromatic N) is 2. The van der Waals surface area contributed by atoms with Gasteiger partial charge in [-0.25, -0.2) is 5.43 Å². The van der Waals surface area contributed by atoms with Crippen molar-refractivity contribution in [3.63, 3.8) is 0 Å². The maximum Gasteiger partial charge on any atom is 0.237 e. The van der Waals surface area contributed by atoms with E-state index >= 15 is 0 Å². The predicted octanol–water partition coefficient (Wildman–Crippen LogP) is 1.71. The summed E-state index contributed by atoms with van der Waals surface area (Å²) in [4.78, 5) is 11.6. The topological polar surface area (TPSA) is 46.4 Å². The molecule has 88 valence electrons. The highest BCUT2D eigenvalue weighted by Gasteiger charge is 2.03. The molecule has 1 amide bonds. The molecular weight excluding hydrogens is 234 g/mol. The highest BCUT2D eigenvalue weighted by Crippen LogP contribution is 2.18. The van der Waals surface area contributed by atoms with Gasteiger partial charge < -0.3 is 4.57 Å². The highest BCUT2D eigenvalue weighted by molar-refractivity contribution is 7.07. The zero-order chi connectivity index (χ0) is 12.3. The Morgan fingerprint density at radius 2 is 2.06 bits per heavy atom. The van der Waals surface area contributed by atoms with Gasteiger partial charge in [0.1, 0.15) is 0 Å². The molecule has 17 heavy (non-hydrogen) atoms. The van der Waals surface area contributed by atoms with Crippen molar-refractivity contribution in [2.75, 3.05) is 0 Å². The van der Waals surface area contributed by atoms with E-state index in [0.29, 0.717) is 0 Å². The van der Waals surface area contributed by atoms with Crippen LogP contribution >= 0.6 is 11.3 Å². The number of rotatable bonds is 2. The molecule has 0 bridgehead atoms. The van der Waals surface area contributed by atoms with Gasteiger partial charge in [0.25, 0.3) is 0 Å². The van der Waals surface area contributed by atoms with Crippen LogP contribution in [0.1, 0.15) is 6.92 Å². The minimum Gasteiger partial charge on any atom is -0.318 e. The molecule has 1 aromatic heterocycles. The molecule has 2 aromatic rings. The smallest absolute Gasteiger partial charge is 0.237 e. The lowest BCUT2D eigenvalue weighted by atomic mass is 10.2. The number of thiazole rings is 1. The van der Waals surface area contributed by atoms with Crippen molar-refractivity contribution in [1.29, 1.82) is 0 Å². The summed E-state index contributed by atoms with van der Waals surface area (Å²) >= 11 is 1.49. The van der Waals surface area contributed by atoms with Crippen LogP contribution in [0.2, 0.25) is 0 Å². The van der Waals surface area contributed by atoms with Crippen LogP contribution in [0.3, 0.4) is 0 Å². The molecule has 4 nitrogen and oxygen atoms in total. The van der Waals surface area contributed by atoms with Crippen LogP contribution in [0.4, 0.5) is 0 Å². The Bertz CT molecular complexity index is 583. The monoisotopic (exact) mass is 247 g/mol. The van der Waals surface area contributed by atoms with Gasteiger partial charge in [0.2, 0.25) is 10.7 Å². The summed E-state index contributed by atoms with van der Waals surface area (Å²) in [6.07, 6.45) is 0. The molecule has 0 saturated carbocycles. The molecule has 0 spiro atoms. The van der Waals surface area contributed by atoms with Gasteiger partial charge in [0.15, 0.2) is 0 Å². The second-order valence-corrected chi connectivity index (χ2v) is 4.44. The summed E-state index contributed by atoms with van der Waals surface area (Å²) in [5, 5.41) is 6.06. The van der Waals surface area contributed by atoms with Crippen molar-refractivity contribution in [2.24, 2.45) is 12.1 Å². The number of aromatic nitrogens is 1. The van der Waals surface area contributed by atoms with E-state index in [-0.39, 0.29) is 5.91 Å². The maximum atomic E-state index is 10.8. The van der Waals surface area contributed by atoms with Crippen LogP contribution in [0.5, 0.6) is 0 Å². The van der Waals surface area contributed by atoms with E-state index in [4.69, 9.17) is 0 Å². The first-order valence-corrected chi connectivity index (χ1v) is 6.06. The highest BCUT2D eigenvalue weighted by atomic mass is 32.1. The van der Waals surface area contributed by atoms with Crippen LogP contribution < -0.4 is 10.2 Å². The third-order valence-corrected chi connectivity index (χ3v) is 3.22. The van der Waals surface area contributed by atoms with Gasteiger partial charge in [-0.2, -0.15) is 0 Å². The van der Waals surface area contributed by atoms with E-state index in [1.165, 1.54) is 18.3 Å². The molecule has 0 atom stereocenters. The first-order valence-electron chi connectivity index (χ1n) is 5.18. The number of hydrogen-bond acceptors (Lipinski definition) is 3. The minimum atomic E-state index is -0.167. The molecule has 0 radical (unpaired) electrons. The molecule has 5 heteroatoms. The quantitative estimate of drug-likeness (QED) is 0.807. The first kappa shape index (κ1) is 11.6. The fourth-order valence-electron chi connectivity index (χ4n) is 1.47. The third-order valence-electron chi connectivity index (χ3n) is 2.30. The van der Waals surface area contributed by atoms with Gasteiger partial charge in [-0.1, -0.05) is 30.3 Å². The van der Waals surface area contributed by atoms with Gasteiger partial charge in [-0.15, -0.1) is 16.4 Å². The molecule has 0 aliphatic carbocycles. The van der Waals surface area contributed by atoms with E-state index in [1.807, 2.05) is 47.3 Å². The first-order chi connectivity index (χ1) is 8.18. The summed E-state index contributed by atoms with van der Waals surface area (Å²) in [5.41, 5.74) is 4.66. The van der Waals surface area contributed by atoms with Crippen molar-refractivity contribution in [3.8, 4) is 11.3 Å². The minimum absolute atomic E-state index is 0.167. The molecule has 0 saturated heterocycles. The van der Waals surface area contributed by atoms with Crippen molar-refractivity contribution in [2.45, 2.75) is 6.92 Å². The normalized spacial score (nSPS) is 11.5. The number of nitrogens with one attached hydrogen (secondary N) is 1. The number of carbonyl (C=O) groups excluding carboxylic acids is 1. The Hall–Kier alpha value is -1.88. The van der Waals surface area contributed by atoms with E-state index in [0.717, 1.165) is 16.1 Å². The van der Waals surface area contributed by atoms with E-state index in [9.17, 15) is 4.79 Å². The lowest BCUT2D eigenvalue weighted by Gasteiger charge is -2.01. The Labute approximate surface area is 103 Å². The van der Waals surface area contributed by atoms with Gasteiger partial charge in [-0.3, -0.25) is 4.79 Å². The molecule has 2 rings (SSSR count). The molecule has 0 fully saturated rings. The number of benzene rings is 1. The number of carbonyl (C=O) groups is 1. The van der Waals surface area contributed by atoms with Crippen molar-refractivity contribution in [1.82, 2.24) is 9.99 Å². The molecule has 0 unspecified atom stereocenters. The fourth-order valence-corrected chi connectivity index (χ4v) is 2.33. The van der Waals surface area contributed by atoms with Crippen LogP contribution in [-0.2, 0) is 11.8 Å². The van der Waals surface area contributed by atoms with Crippen LogP contribution in [-0.4, -0.2) is 10.5 Å². The average molecular weight is 247 g/mol. The second kappa shape index (κ2) is 4.97. The number of amides is 1. The van der Waals surface area contributed by atoms with Crippen LogP contribution in [0.25, 0.3) is 11.3 Å². The molecule has 0 aliphatic heterocycles. The Morgan fingerprint density at radius 3 is 2.71 bits per heavy atom. The molecule has 0 aliphatic rings. The molecule has 1 heterocycles. The summed E-state index contributed by atoms with van der Waals surface area (Å²) < 4.78 is 1.95. The summed E-state index contributed by atoms with van der Waals surface area (Å²) in [5.74, 6) is -0.167. The van der Waals surface area contributed by atoms with Crippen molar-refractivity contribution >= 4 is 17.2 Å². The van der Waals surface area contributed by atoms with Crippen LogP contribution in [0.15, 0.2) is 40.8 Å². The fraction of sp³-hybridized carbons (Fsp3) is 0.167. The maximum absolute atomic E-state index is 10.8. The average Bonchev–Trinajstić information content (AvgIpc) is 2.69. The SMILES string of the molecule is CC(=O)NN=c1scc(-c2ccccc2)n1C. The largest absolute Gasteiger partial charge is 0.318 e. The molecule has 1 N–H and O–H groups in total. The summed E-state index contributed by atoms with van der Waals surface area (Å²) in [6, 6.07) is 10.1. The second-order valence-electron chi connectivity index (χ2n) is 3.61. The van der Waals surface area contributed by atoms with Crippen LogP contribution in [0, 0.1) is 0 Å². The van der Waals surface area contributed by atoms with Crippen molar-refractivity contribution in [3.05, 3.63) is 40.5 Å². The summed E-state index contributed by atoms with van der Waals surface area (Å²) in [7, 11) is 1.93. The molecule has 1 aromatic carbocycles. The lowest BCUT2D eigenvalue weighted by Crippen LogP contribution is -2.21. The van der Waals surface area contributed by atoms with Crippen molar-refractivity contribution < 1.29 is 4.79 Å². The summed E-state index contributed by atoms with van der Waals surface area (Å²) in [6.45, 7) is 1.44. The predicted molar refractivity (Wildman–Crippen MR) is 68.1 cm³/mol. The van der Waals surface area contributed by atoms with Gasteiger partial charge >= 0.3 is 0 Å². The van der Waals surface area contributed by atoms with Gasteiger partial charge in [-0.05, 0) is 5.56 Å². The zero-order valence-electron chi connectivity index (χ0n) is 9.68. The standard InChI is InChI=1S/C12H13N3OS/c1-9(16)13-14-12-15(2)11(8-17-12)10-6-4-3-5-7-10/h3-8H,1-2H3,(H,13,16). The third kappa shape index (κ3) is 2.62. The van der Waals surface area contributed by atoms with Gasteiger partial charge in [0, 0.05) is 19.4 Å².